The second-order valence-corrected chi connectivity index (χ2v) is 7.32. The number of nitrogens with one attached hydrogen (secondary N) is 2. The van der Waals surface area contributed by atoms with Gasteiger partial charge in [-0.25, -0.2) is 5.43 Å². The van der Waals surface area contributed by atoms with Crippen LogP contribution < -0.4 is 10.7 Å². The molecule has 0 saturated carbocycles. The first-order valence-electron chi connectivity index (χ1n) is 9.83. The van der Waals surface area contributed by atoms with Gasteiger partial charge in [0.15, 0.2) is 0 Å². The summed E-state index contributed by atoms with van der Waals surface area (Å²) in [5.41, 5.74) is 9.52. The molecule has 31 heavy (non-hydrogen) atoms. The Kier molecular flexibility index (Phi) is 4.45. The van der Waals surface area contributed by atoms with E-state index in [2.05, 4.69) is 21.9 Å². The highest BCUT2D eigenvalue weighted by Crippen LogP contribution is 2.35. The topological polar surface area (TPSA) is 95.1 Å². The molecule has 150 valence electrons. The summed E-state index contributed by atoms with van der Waals surface area (Å²) in [4.78, 5) is 12.3. The number of rotatable bonds is 3. The molecule has 2 N–H and O–H groups in total. The minimum absolute atomic E-state index is 0.228. The van der Waals surface area contributed by atoms with Gasteiger partial charge < -0.3 is 5.32 Å². The van der Waals surface area contributed by atoms with Crippen molar-refractivity contribution in [2.75, 3.05) is 5.32 Å². The maximum Gasteiger partial charge on any atom is 0.275 e. The average Bonchev–Trinajstić information content (AvgIpc) is 3.39. The van der Waals surface area contributed by atoms with Crippen LogP contribution in [0.2, 0.25) is 0 Å². The van der Waals surface area contributed by atoms with Crippen LogP contribution in [-0.4, -0.2) is 21.4 Å². The van der Waals surface area contributed by atoms with Crippen LogP contribution in [0.15, 0.2) is 83.2 Å². The van der Waals surface area contributed by atoms with E-state index in [1.54, 1.807) is 13.0 Å². The van der Waals surface area contributed by atoms with Crippen LogP contribution in [0.1, 0.15) is 29.3 Å². The predicted molar refractivity (Wildman–Crippen MR) is 118 cm³/mol. The van der Waals surface area contributed by atoms with Crippen molar-refractivity contribution < 1.29 is 4.79 Å². The van der Waals surface area contributed by atoms with Gasteiger partial charge in [0, 0.05) is 23.0 Å². The molecule has 7 nitrogen and oxygen atoms in total. The number of amides is 1. The van der Waals surface area contributed by atoms with Crippen LogP contribution in [0.3, 0.4) is 0 Å². The quantitative estimate of drug-likeness (QED) is 0.652. The molecular weight excluding hydrogens is 388 g/mol. The Morgan fingerprint density at radius 2 is 1.90 bits per heavy atom. The highest BCUT2D eigenvalue weighted by molar-refractivity contribution is 6.25. The lowest BCUT2D eigenvalue weighted by Gasteiger charge is -2.21. The molecule has 0 saturated heterocycles. The summed E-state index contributed by atoms with van der Waals surface area (Å²) >= 11 is 0. The summed E-state index contributed by atoms with van der Waals surface area (Å²) in [6, 6.07) is 19.6. The fraction of sp³-hybridized carbons (Fsp3) is 0.0833. The molecule has 2 aliphatic heterocycles. The first kappa shape index (κ1) is 18.6. The third-order valence-electron chi connectivity index (χ3n) is 5.35. The van der Waals surface area contributed by atoms with Gasteiger partial charge >= 0.3 is 0 Å². The fourth-order valence-corrected chi connectivity index (χ4v) is 3.84. The van der Waals surface area contributed by atoms with Gasteiger partial charge in [-0.05, 0) is 36.8 Å². The lowest BCUT2D eigenvalue weighted by atomic mass is 9.94. The molecule has 1 aromatic heterocycles. The molecule has 0 atom stereocenters. The predicted octanol–water partition coefficient (Wildman–Crippen LogP) is 3.42. The van der Waals surface area contributed by atoms with E-state index in [1.165, 1.54) is 0 Å². The second kappa shape index (κ2) is 7.43. The van der Waals surface area contributed by atoms with E-state index >= 15 is 0 Å². The van der Waals surface area contributed by atoms with E-state index in [4.69, 9.17) is 5.10 Å². The number of hydrazone groups is 1. The van der Waals surface area contributed by atoms with Crippen molar-refractivity contribution in [1.82, 2.24) is 15.2 Å². The van der Waals surface area contributed by atoms with Crippen LogP contribution in [0.5, 0.6) is 0 Å². The molecule has 2 aromatic carbocycles. The van der Waals surface area contributed by atoms with Crippen LogP contribution in [0.4, 0.5) is 5.69 Å². The minimum Gasteiger partial charge on any atom is -0.354 e. The number of fused-ring (bicyclic) bond motifs is 1. The molecule has 0 bridgehead atoms. The average molecular weight is 406 g/mol. The number of hydrogen-bond donors (Lipinski definition) is 2. The van der Waals surface area contributed by atoms with Gasteiger partial charge in [0.05, 0.1) is 40.9 Å². The molecule has 0 fully saturated rings. The zero-order valence-electron chi connectivity index (χ0n) is 16.8. The number of para-hydroxylation sites is 1. The standard InChI is InChI=1S/C24H18N6O/c1-15-23(24(31)28-27-15)22-12-19(18-8-4-5-9-20(18)26-22)21-10-11-30(29-21)14-17-7-3-2-6-16(17)13-25/h2-12,26H,14H2,1H3,(H,28,31). The van der Waals surface area contributed by atoms with Gasteiger partial charge in [-0.15, -0.1) is 0 Å². The number of nitrogens with zero attached hydrogens (tertiary/aromatic N) is 4. The molecule has 2 aliphatic rings. The monoisotopic (exact) mass is 406 g/mol. The van der Waals surface area contributed by atoms with Gasteiger partial charge in [-0.3, -0.25) is 9.48 Å². The van der Waals surface area contributed by atoms with Gasteiger partial charge in [-0.2, -0.15) is 15.5 Å². The number of carbonyl (C=O) groups is 1. The largest absolute Gasteiger partial charge is 0.354 e. The molecule has 1 amide bonds. The summed E-state index contributed by atoms with van der Waals surface area (Å²) in [6.07, 6.45) is 3.84. The number of aromatic nitrogens is 2. The molecule has 0 unspecified atom stereocenters. The van der Waals surface area contributed by atoms with Crippen molar-refractivity contribution in [3.05, 3.63) is 101 Å². The molecular formula is C24H18N6O. The van der Waals surface area contributed by atoms with Crippen molar-refractivity contribution in [3.63, 3.8) is 0 Å². The third-order valence-corrected chi connectivity index (χ3v) is 5.35. The summed E-state index contributed by atoms with van der Waals surface area (Å²) in [7, 11) is 0. The molecule has 0 aliphatic carbocycles. The van der Waals surface area contributed by atoms with Crippen molar-refractivity contribution in [2.24, 2.45) is 5.10 Å². The number of benzene rings is 2. The van der Waals surface area contributed by atoms with E-state index in [1.807, 2.05) is 65.5 Å². The fourth-order valence-electron chi connectivity index (χ4n) is 3.84. The van der Waals surface area contributed by atoms with Crippen molar-refractivity contribution in [3.8, 4) is 6.07 Å². The van der Waals surface area contributed by atoms with Crippen LogP contribution in [0.25, 0.3) is 5.57 Å². The first-order chi connectivity index (χ1) is 15.1. The van der Waals surface area contributed by atoms with E-state index in [-0.39, 0.29) is 5.91 Å². The Labute approximate surface area is 179 Å². The maximum absolute atomic E-state index is 12.3. The molecule has 3 heterocycles. The van der Waals surface area contributed by atoms with E-state index in [9.17, 15) is 10.1 Å². The van der Waals surface area contributed by atoms with Crippen molar-refractivity contribution in [1.29, 1.82) is 5.26 Å². The van der Waals surface area contributed by atoms with Gasteiger partial charge in [0.1, 0.15) is 0 Å². The van der Waals surface area contributed by atoms with E-state index in [0.717, 1.165) is 28.1 Å². The lowest BCUT2D eigenvalue weighted by molar-refractivity contribution is -0.116. The first-order valence-corrected chi connectivity index (χ1v) is 9.83. The SMILES string of the molecule is CC1=NNC(=O)C1=C1C=C(c2ccn(Cc3ccccc3C#N)n2)c2ccccc2N1. The molecule has 0 spiro atoms. The summed E-state index contributed by atoms with van der Waals surface area (Å²) in [6.45, 7) is 2.30. The Morgan fingerprint density at radius 3 is 2.71 bits per heavy atom. The van der Waals surface area contributed by atoms with Crippen LogP contribution in [0, 0.1) is 11.3 Å². The number of allylic oxidation sites excluding steroid dienone is 1. The number of anilines is 1. The number of nitriles is 1. The molecule has 0 radical (unpaired) electrons. The Hall–Kier alpha value is -4.44. The summed E-state index contributed by atoms with van der Waals surface area (Å²) < 4.78 is 1.82. The Balaban J connectivity index is 1.57. The third kappa shape index (κ3) is 3.30. The van der Waals surface area contributed by atoms with Gasteiger partial charge in [0.25, 0.3) is 5.91 Å². The minimum atomic E-state index is -0.228. The maximum atomic E-state index is 12.3. The highest BCUT2D eigenvalue weighted by atomic mass is 16.2. The summed E-state index contributed by atoms with van der Waals surface area (Å²) in [5, 5.41) is 21.5. The van der Waals surface area contributed by atoms with Gasteiger partial charge in [-0.1, -0.05) is 36.4 Å². The summed E-state index contributed by atoms with van der Waals surface area (Å²) in [5.74, 6) is -0.228. The van der Waals surface area contributed by atoms with Crippen LogP contribution >= 0.6 is 0 Å². The van der Waals surface area contributed by atoms with E-state index in [0.29, 0.717) is 29.1 Å². The molecule has 3 aromatic rings. The van der Waals surface area contributed by atoms with Crippen LogP contribution in [-0.2, 0) is 11.3 Å². The smallest absolute Gasteiger partial charge is 0.275 e. The molecule has 7 heteroatoms. The Morgan fingerprint density at radius 1 is 1.10 bits per heavy atom. The highest BCUT2D eigenvalue weighted by Gasteiger charge is 2.27. The van der Waals surface area contributed by atoms with Crippen molar-refractivity contribution in [2.45, 2.75) is 13.5 Å². The second-order valence-electron chi connectivity index (χ2n) is 7.32. The zero-order chi connectivity index (χ0) is 21.4. The Bertz CT molecular complexity index is 1350. The van der Waals surface area contributed by atoms with Gasteiger partial charge in [0.2, 0.25) is 0 Å². The normalized spacial score (nSPS) is 17.2. The lowest BCUT2D eigenvalue weighted by Crippen LogP contribution is -2.19. The molecule has 5 rings (SSSR count). The number of hydrogen-bond acceptors (Lipinski definition) is 5. The number of carbonyl (C=O) groups excluding carboxylic acids is 1. The zero-order valence-corrected chi connectivity index (χ0v) is 16.8. The van der Waals surface area contributed by atoms with E-state index < -0.39 is 0 Å². The van der Waals surface area contributed by atoms with Crippen molar-refractivity contribution >= 4 is 22.9 Å².